The molecule has 0 unspecified atom stereocenters. The molecule has 168 valence electrons. The Labute approximate surface area is 186 Å². The summed E-state index contributed by atoms with van der Waals surface area (Å²) in [5.74, 6) is -0.238. The molecule has 1 atom stereocenters. The number of rotatable bonds is 5. The first-order valence-corrected chi connectivity index (χ1v) is 10.7. The van der Waals surface area contributed by atoms with E-state index in [9.17, 15) is 18.8 Å². The molecule has 7 nitrogen and oxygen atoms in total. The molecule has 4 rings (SSSR count). The number of piperidine rings is 1. The normalized spacial score (nSPS) is 20.0. The molecule has 0 spiro atoms. The quantitative estimate of drug-likeness (QED) is 0.670. The summed E-state index contributed by atoms with van der Waals surface area (Å²) in [7, 11) is 1.56. The minimum absolute atomic E-state index is 0.0425. The molecule has 8 heteroatoms. The largest absolute Gasteiger partial charge is 0.497 e. The molecule has 2 aromatic carbocycles. The summed E-state index contributed by atoms with van der Waals surface area (Å²) in [6.45, 7) is 2.69. The maximum atomic E-state index is 13.3. The first-order chi connectivity index (χ1) is 15.4. The van der Waals surface area contributed by atoms with Crippen LogP contribution in [0.5, 0.6) is 5.75 Å². The van der Waals surface area contributed by atoms with Gasteiger partial charge >= 0.3 is 0 Å². The SMILES string of the molecule is COc1ccc(N2C(=O)C[C@@H](N3CCC(N(C(C)=O)c4ccc(F)cc4)CC3)C2=O)cc1. The Bertz CT molecular complexity index is 1000. The Hall–Kier alpha value is -3.26. The number of hydrogen-bond acceptors (Lipinski definition) is 5. The van der Waals surface area contributed by atoms with Crippen molar-refractivity contribution in [1.82, 2.24) is 4.90 Å². The Kier molecular flexibility index (Phi) is 6.23. The van der Waals surface area contributed by atoms with Crippen LogP contribution in [-0.2, 0) is 14.4 Å². The summed E-state index contributed by atoms with van der Waals surface area (Å²) in [6.07, 6.45) is 1.47. The van der Waals surface area contributed by atoms with Crippen LogP contribution >= 0.6 is 0 Å². The highest BCUT2D eigenvalue weighted by atomic mass is 19.1. The number of nitrogens with zero attached hydrogens (tertiary/aromatic N) is 3. The van der Waals surface area contributed by atoms with Crippen molar-refractivity contribution in [2.24, 2.45) is 0 Å². The van der Waals surface area contributed by atoms with E-state index in [-0.39, 0.29) is 36.0 Å². The monoisotopic (exact) mass is 439 g/mol. The number of amides is 3. The highest BCUT2D eigenvalue weighted by Crippen LogP contribution is 2.30. The van der Waals surface area contributed by atoms with Crippen LogP contribution in [0.3, 0.4) is 0 Å². The maximum Gasteiger partial charge on any atom is 0.251 e. The fourth-order valence-electron chi connectivity index (χ4n) is 4.61. The van der Waals surface area contributed by atoms with Crippen LogP contribution in [0.2, 0.25) is 0 Å². The molecule has 0 aromatic heterocycles. The highest BCUT2D eigenvalue weighted by Gasteiger charge is 2.44. The van der Waals surface area contributed by atoms with Gasteiger partial charge in [-0.25, -0.2) is 9.29 Å². The van der Waals surface area contributed by atoms with Gasteiger partial charge in [0.25, 0.3) is 5.91 Å². The van der Waals surface area contributed by atoms with Crippen molar-refractivity contribution in [3.63, 3.8) is 0 Å². The van der Waals surface area contributed by atoms with Crippen molar-refractivity contribution in [2.45, 2.75) is 38.3 Å². The van der Waals surface area contributed by atoms with Gasteiger partial charge < -0.3 is 9.64 Å². The van der Waals surface area contributed by atoms with E-state index in [0.717, 1.165) is 0 Å². The van der Waals surface area contributed by atoms with Crippen LogP contribution in [0.15, 0.2) is 48.5 Å². The zero-order chi connectivity index (χ0) is 22.8. The van der Waals surface area contributed by atoms with Gasteiger partial charge in [-0.3, -0.25) is 19.3 Å². The van der Waals surface area contributed by atoms with Crippen LogP contribution in [0.1, 0.15) is 26.2 Å². The summed E-state index contributed by atoms with van der Waals surface area (Å²) >= 11 is 0. The van der Waals surface area contributed by atoms with Crippen LogP contribution in [-0.4, -0.2) is 54.9 Å². The van der Waals surface area contributed by atoms with Crippen molar-refractivity contribution < 1.29 is 23.5 Å². The third kappa shape index (κ3) is 4.23. The van der Waals surface area contributed by atoms with Gasteiger partial charge in [-0.1, -0.05) is 0 Å². The molecular formula is C24H26FN3O4. The minimum Gasteiger partial charge on any atom is -0.497 e. The first-order valence-electron chi connectivity index (χ1n) is 10.7. The number of likely N-dealkylation sites (tertiary alicyclic amines) is 1. The number of benzene rings is 2. The Morgan fingerprint density at radius 2 is 1.66 bits per heavy atom. The number of anilines is 2. The van der Waals surface area contributed by atoms with Crippen molar-refractivity contribution in [3.05, 3.63) is 54.3 Å². The van der Waals surface area contributed by atoms with Crippen LogP contribution in [0, 0.1) is 5.82 Å². The van der Waals surface area contributed by atoms with Gasteiger partial charge in [-0.15, -0.1) is 0 Å². The van der Waals surface area contributed by atoms with Crippen molar-refractivity contribution in [1.29, 1.82) is 0 Å². The molecule has 2 saturated heterocycles. The third-order valence-electron chi connectivity index (χ3n) is 6.20. The lowest BCUT2D eigenvalue weighted by Crippen LogP contribution is -2.51. The summed E-state index contributed by atoms with van der Waals surface area (Å²) < 4.78 is 18.4. The standard InChI is InChI=1S/C24H26FN3O4/c1-16(29)27(18-5-3-17(25)4-6-18)20-11-13-26(14-12-20)22-15-23(30)28(24(22)31)19-7-9-21(32-2)10-8-19/h3-10,20,22H,11-15H2,1-2H3/t22-/m1/s1. The van der Waals surface area contributed by atoms with E-state index in [2.05, 4.69) is 0 Å². The van der Waals surface area contributed by atoms with Crippen LogP contribution < -0.4 is 14.5 Å². The number of halogens is 1. The van der Waals surface area contributed by atoms with E-state index >= 15 is 0 Å². The molecular weight excluding hydrogens is 413 g/mol. The average Bonchev–Trinajstić information content (AvgIpc) is 3.09. The van der Waals surface area contributed by atoms with E-state index < -0.39 is 6.04 Å². The van der Waals surface area contributed by atoms with E-state index in [4.69, 9.17) is 4.74 Å². The summed E-state index contributed by atoms with van der Waals surface area (Å²) in [6, 6.07) is 12.2. The van der Waals surface area contributed by atoms with Gasteiger partial charge in [0.2, 0.25) is 11.8 Å². The zero-order valence-electron chi connectivity index (χ0n) is 18.2. The van der Waals surface area contributed by atoms with Crippen LogP contribution in [0.4, 0.5) is 15.8 Å². The van der Waals surface area contributed by atoms with Crippen molar-refractivity contribution >= 4 is 29.1 Å². The molecule has 0 saturated carbocycles. The second-order valence-corrected chi connectivity index (χ2v) is 8.12. The molecule has 3 amide bonds. The van der Waals surface area contributed by atoms with Gasteiger partial charge in [0.1, 0.15) is 11.6 Å². The summed E-state index contributed by atoms with van der Waals surface area (Å²) in [5.41, 5.74) is 1.20. The fraction of sp³-hybridized carbons (Fsp3) is 0.375. The predicted octanol–water partition coefficient (Wildman–Crippen LogP) is 2.98. The van der Waals surface area contributed by atoms with Gasteiger partial charge in [-0.05, 0) is 61.4 Å². The lowest BCUT2D eigenvalue weighted by molar-refractivity contribution is -0.123. The van der Waals surface area contributed by atoms with Crippen LogP contribution in [0.25, 0.3) is 0 Å². The van der Waals surface area contributed by atoms with E-state index in [1.165, 1.54) is 24.0 Å². The number of imide groups is 1. The number of ether oxygens (including phenoxy) is 1. The van der Waals surface area contributed by atoms with Crippen molar-refractivity contribution in [2.75, 3.05) is 30.0 Å². The fourth-order valence-corrected chi connectivity index (χ4v) is 4.61. The molecule has 0 bridgehead atoms. The number of carbonyl (C=O) groups is 3. The van der Waals surface area contributed by atoms with Gasteiger partial charge in [0, 0.05) is 31.7 Å². The molecule has 0 radical (unpaired) electrons. The topological polar surface area (TPSA) is 70.2 Å². The average molecular weight is 439 g/mol. The zero-order valence-corrected chi connectivity index (χ0v) is 18.2. The maximum absolute atomic E-state index is 13.3. The second-order valence-electron chi connectivity index (χ2n) is 8.12. The summed E-state index contributed by atoms with van der Waals surface area (Å²) in [5, 5.41) is 0. The van der Waals surface area contributed by atoms with Crippen molar-refractivity contribution in [3.8, 4) is 5.75 Å². The van der Waals surface area contributed by atoms with Gasteiger partial charge in [0.15, 0.2) is 0 Å². The predicted molar refractivity (Wildman–Crippen MR) is 118 cm³/mol. The van der Waals surface area contributed by atoms with E-state index in [1.54, 1.807) is 48.4 Å². The molecule has 2 aromatic rings. The Morgan fingerprint density at radius 3 is 2.22 bits per heavy atom. The Balaban J connectivity index is 1.43. The molecule has 0 N–H and O–H groups in total. The second kappa shape index (κ2) is 9.08. The Morgan fingerprint density at radius 1 is 1.03 bits per heavy atom. The molecule has 32 heavy (non-hydrogen) atoms. The van der Waals surface area contributed by atoms with E-state index in [0.29, 0.717) is 43.1 Å². The third-order valence-corrected chi connectivity index (χ3v) is 6.20. The van der Waals surface area contributed by atoms with Gasteiger partial charge in [0.05, 0.1) is 25.3 Å². The molecule has 2 fully saturated rings. The molecule has 2 aliphatic heterocycles. The lowest BCUT2D eigenvalue weighted by Gasteiger charge is -2.39. The van der Waals surface area contributed by atoms with Gasteiger partial charge in [-0.2, -0.15) is 0 Å². The summed E-state index contributed by atoms with van der Waals surface area (Å²) in [4.78, 5) is 43.0. The lowest BCUT2D eigenvalue weighted by atomic mass is 10.00. The highest BCUT2D eigenvalue weighted by molar-refractivity contribution is 6.22. The smallest absolute Gasteiger partial charge is 0.251 e. The number of carbonyl (C=O) groups excluding carboxylic acids is 3. The number of hydrogen-bond donors (Lipinski definition) is 0. The molecule has 2 heterocycles. The molecule has 0 aliphatic carbocycles. The minimum atomic E-state index is -0.498. The molecule has 2 aliphatic rings. The number of methoxy groups -OCH3 is 1. The first kappa shape index (κ1) is 22.0. The van der Waals surface area contributed by atoms with E-state index in [1.807, 2.05) is 4.90 Å².